The molecule has 2 N–H and O–H groups in total. The van der Waals surface area contributed by atoms with Crippen LogP contribution < -0.4 is 20.1 Å². The summed E-state index contributed by atoms with van der Waals surface area (Å²) in [6.45, 7) is 0.108. The molecule has 0 atom stereocenters. The molecule has 8 nitrogen and oxygen atoms in total. The van der Waals surface area contributed by atoms with Crippen LogP contribution in [0.4, 0.5) is 15.8 Å². The molecule has 1 aliphatic heterocycles. The number of nitrogens with one attached hydrogen (secondary N) is 2. The minimum Gasteiger partial charge on any atom is -0.454 e. The summed E-state index contributed by atoms with van der Waals surface area (Å²) in [6, 6.07) is 8.71. The summed E-state index contributed by atoms with van der Waals surface area (Å²) in [5.41, 5.74) is 1.36. The maximum absolute atomic E-state index is 14.1. The van der Waals surface area contributed by atoms with Gasteiger partial charge in [-0.25, -0.2) is 4.39 Å². The van der Waals surface area contributed by atoms with Crippen molar-refractivity contribution >= 4 is 29.3 Å². The lowest BCUT2D eigenvalue weighted by Crippen LogP contribution is -2.13. The van der Waals surface area contributed by atoms with E-state index < -0.39 is 17.6 Å². The van der Waals surface area contributed by atoms with Gasteiger partial charge in [-0.15, -0.1) is 0 Å². The molecule has 2 aromatic carbocycles. The molecule has 2 heterocycles. The van der Waals surface area contributed by atoms with Crippen molar-refractivity contribution in [3.05, 3.63) is 71.8 Å². The van der Waals surface area contributed by atoms with E-state index >= 15 is 0 Å². The van der Waals surface area contributed by atoms with Crippen molar-refractivity contribution in [2.45, 2.75) is 0 Å². The Bertz CT molecular complexity index is 1160. The van der Waals surface area contributed by atoms with Crippen LogP contribution in [-0.2, 0) is 11.8 Å². The van der Waals surface area contributed by atoms with E-state index in [1.807, 2.05) is 0 Å². The molecule has 1 aliphatic rings. The van der Waals surface area contributed by atoms with Crippen molar-refractivity contribution in [2.24, 2.45) is 7.05 Å². The Morgan fingerprint density at radius 3 is 2.77 bits per heavy atom. The average Bonchev–Trinajstić information content (AvgIpc) is 3.37. The molecule has 9 heteroatoms. The normalized spacial score (nSPS) is 12.2. The molecule has 0 fully saturated rings. The Balaban J connectivity index is 1.44. The quantitative estimate of drug-likeness (QED) is 0.633. The summed E-state index contributed by atoms with van der Waals surface area (Å²) in [5.74, 6) is -0.502. The summed E-state index contributed by atoms with van der Waals surface area (Å²) in [7, 11) is 1.76. The SMILES string of the molecule is Cn1cc(C=CC(=O)Nc2cc(NC(=O)c3ccc4c(c3)OCO4)ccc2F)cn1. The van der Waals surface area contributed by atoms with E-state index in [0.717, 1.165) is 11.6 Å². The molecule has 2 amide bonds. The summed E-state index contributed by atoms with van der Waals surface area (Å²) in [4.78, 5) is 24.6. The first-order valence-electron chi connectivity index (χ1n) is 8.96. The standard InChI is InChI=1S/C21H17FN4O4/c1-26-11-13(10-23-26)2-7-20(27)25-17-9-15(4-5-16(17)22)24-21(28)14-3-6-18-19(8-14)30-12-29-18/h2-11H,12H2,1H3,(H,24,28)(H,25,27). The number of amides is 2. The van der Waals surface area contributed by atoms with E-state index in [1.165, 1.54) is 18.2 Å². The molecule has 0 bridgehead atoms. The first-order chi connectivity index (χ1) is 14.5. The van der Waals surface area contributed by atoms with Crippen LogP contribution in [0.3, 0.4) is 0 Å². The molecule has 30 heavy (non-hydrogen) atoms. The van der Waals surface area contributed by atoms with E-state index in [0.29, 0.717) is 22.7 Å². The number of rotatable bonds is 5. The van der Waals surface area contributed by atoms with Crippen molar-refractivity contribution < 1.29 is 23.5 Å². The molecule has 0 saturated heterocycles. The Hall–Kier alpha value is -4.14. The fraction of sp³-hybridized carbons (Fsp3) is 0.0952. The van der Waals surface area contributed by atoms with Crippen LogP contribution in [0.5, 0.6) is 11.5 Å². The second kappa shape index (κ2) is 8.08. The van der Waals surface area contributed by atoms with Gasteiger partial charge in [0, 0.05) is 36.1 Å². The van der Waals surface area contributed by atoms with E-state index in [-0.39, 0.29) is 12.5 Å². The fourth-order valence-corrected chi connectivity index (χ4v) is 2.81. The van der Waals surface area contributed by atoms with Gasteiger partial charge in [0.15, 0.2) is 11.5 Å². The first-order valence-corrected chi connectivity index (χ1v) is 8.96. The minimum absolute atomic E-state index is 0.0562. The summed E-state index contributed by atoms with van der Waals surface area (Å²) in [6.07, 6.45) is 6.16. The van der Waals surface area contributed by atoms with Gasteiger partial charge in [0.25, 0.3) is 5.91 Å². The number of carbonyl (C=O) groups excluding carboxylic acids is 2. The zero-order valence-electron chi connectivity index (χ0n) is 15.9. The van der Waals surface area contributed by atoms with Crippen molar-refractivity contribution in [2.75, 3.05) is 17.4 Å². The third-order valence-electron chi connectivity index (χ3n) is 4.27. The molecule has 0 aliphatic carbocycles. The van der Waals surface area contributed by atoms with E-state index in [9.17, 15) is 14.0 Å². The third-order valence-corrected chi connectivity index (χ3v) is 4.27. The molecule has 0 radical (unpaired) electrons. The van der Waals surface area contributed by atoms with Crippen LogP contribution in [-0.4, -0.2) is 28.4 Å². The maximum Gasteiger partial charge on any atom is 0.255 e. The van der Waals surface area contributed by atoms with Crippen molar-refractivity contribution in [3.63, 3.8) is 0 Å². The highest BCUT2D eigenvalue weighted by Gasteiger charge is 2.17. The summed E-state index contributed by atoms with van der Waals surface area (Å²) < 4.78 is 26.2. The van der Waals surface area contributed by atoms with Crippen LogP contribution >= 0.6 is 0 Å². The van der Waals surface area contributed by atoms with Crippen LogP contribution in [0.2, 0.25) is 0 Å². The molecule has 0 spiro atoms. The Labute approximate surface area is 170 Å². The molecular weight excluding hydrogens is 391 g/mol. The number of anilines is 2. The highest BCUT2D eigenvalue weighted by molar-refractivity contribution is 6.06. The summed E-state index contributed by atoms with van der Waals surface area (Å²) >= 11 is 0. The molecule has 0 saturated carbocycles. The number of nitrogens with zero attached hydrogens (tertiary/aromatic N) is 2. The number of halogens is 1. The third kappa shape index (κ3) is 4.30. The largest absolute Gasteiger partial charge is 0.454 e. The van der Waals surface area contributed by atoms with E-state index in [4.69, 9.17) is 9.47 Å². The Morgan fingerprint density at radius 1 is 1.13 bits per heavy atom. The number of hydrogen-bond donors (Lipinski definition) is 2. The average molecular weight is 408 g/mol. The first kappa shape index (κ1) is 19.2. The number of carbonyl (C=O) groups is 2. The second-order valence-electron chi connectivity index (χ2n) is 6.49. The van der Waals surface area contributed by atoms with Gasteiger partial charge in [-0.2, -0.15) is 5.10 Å². The number of hydrogen-bond acceptors (Lipinski definition) is 5. The number of ether oxygens (including phenoxy) is 2. The van der Waals surface area contributed by atoms with Crippen molar-refractivity contribution in [1.29, 1.82) is 0 Å². The van der Waals surface area contributed by atoms with Gasteiger partial charge >= 0.3 is 0 Å². The zero-order valence-corrected chi connectivity index (χ0v) is 15.9. The predicted octanol–water partition coefficient (Wildman–Crippen LogP) is 3.19. The smallest absolute Gasteiger partial charge is 0.255 e. The highest BCUT2D eigenvalue weighted by Crippen LogP contribution is 2.32. The number of aryl methyl sites for hydroxylation is 1. The number of benzene rings is 2. The topological polar surface area (TPSA) is 94.5 Å². The van der Waals surface area contributed by atoms with Gasteiger partial charge in [-0.05, 0) is 42.5 Å². The lowest BCUT2D eigenvalue weighted by atomic mass is 10.1. The van der Waals surface area contributed by atoms with Crippen LogP contribution in [0.15, 0.2) is 54.9 Å². The zero-order chi connectivity index (χ0) is 21.1. The van der Waals surface area contributed by atoms with Crippen molar-refractivity contribution in [1.82, 2.24) is 9.78 Å². The Morgan fingerprint density at radius 2 is 1.97 bits per heavy atom. The molecule has 4 rings (SSSR count). The van der Waals surface area contributed by atoms with Gasteiger partial charge in [0.05, 0.1) is 11.9 Å². The lowest BCUT2D eigenvalue weighted by Gasteiger charge is -2.09. The molecule has 152 valence electrons. The maximum atomic E-state index is 14.1. The van der Waals surface area contributed by atoms with E-state index in [2.05, 4.69) is 15.7 Å². The van der Waals surface area contributed by atoms with E-state index in [1.54, 1.807) is 48.4 Å². The van der Waals surface area contributed by atoms with Gasteiger partial charge in [-0.3, -0.25) is 14.3 Å². The lowest BCUT2D eigenvalue weighted by molar-refractivity contribution is -0.111. The number of aromatic nitrogens is 2. The minimum atomic E-state index is -0.626. The second-order valence-corrected chi connectivity index (χ2v) is 6.49. The fourth-order valence-electron chi connectivity index (χ4n) is 2.81. The van der Waals surface area contributed by atoms with Gasteiger partial charge < -0.3 is 20.1 Å². The van der Waals surface area contributed by atoms with Crippen LogP contribution in [0.1, 0.15) is 15.9 Å². The molecular formula is C21H17FN4O4. The summed E-state index contributed by atoms with van der Waals surface area (Å²) in [5, 5.41) is 9.12. The van der Waals surface area contributed by atoms with Crippen LogP contribution in [0.25, 0.3) is 6.08 Å². The Kier molecular flexibility index (Phi) is 5.17. The number of fused-ring (bicyclic) bond motifs is 1. The van der Waals surface area contributed by atoms with Gasteiger partial charge in [-0.1, -0.05) is 0 Å². The highest BCUT2D eigenvalue weighted by atomic mass is 19.1. The molecule has 1 aromatic heterocycles. The van der Waals surface area contributed by atoms with Crippen LogP contribution in [0, 0.1) is 5.82 Å². The monoisotopic (exact) mass is 408 g/mol. The predicted molar refractivity (Wildman–Crippen MR) is 108 cm³/mol. The van der Waals surface area contributed by atoms with Crippen molar-refractivity contribution in [3.8, 4) is 11.5 Å². The van der Waals surface area contributed by atoms with Gasteiger partial charge in [0.1, 0.15) is 5.82 Å². The molecule has 3 aromatic rings. The molecule has 0 unspecified atom stereocenters. The van der Waals surface area contributed by atoms with Gasteiger partial charge in [0.2, 0.25) is 12.7 Å².